The number of hydrogen-bond acceptors (Lipinski definition) is 5. The average molecular weight is 564 g/mol. The quantitative estimate of drug-likeness (QED) is 0.237. The number of aryl methyl sites for hydroxylation is 1. The first-order valence-corrected chi connectivity index (χ1v) is 15.7. The number of carboxylic acid groups (broad SMARTS) is 1. The molecule has 0 saturated heterocycles. The smallest absolute Gasteiger partial charge is 1.00 e. The maximum atomic E-state index is 13.3. The molecule has 1 aliphatic rings. The van der Waals surface area contributed by atoms with Gasteiger partial charge in [0.1, 0.15) is 6.04 Å². The molecule has 0 radical (unpaired) electrons. The van der Waals surface area contributed by atoms with Gasteiger partial charge in [0, 0.05) is 12.2 Å². The second-order valence-electron chi connectivity index (χ2n) is 10.6. The normalized spacial score (nSPS) is 15.2. The van der Waals surface area contributed by atoms with E-state index in [0.29, 0.717) is 36.9 Å². The van der Waals surface area contributed by atoms with Crippen molar-refractivity contribution in [2.24, 2.45) is 5.92 Å². The third-order valence-electron chi connectivity index (χ3n) is 7.44. The van der Waals surface area contributed by atoms with Gasteiger partial charge < -0.3 is 21.3 Å². The Kier molecular flexibility index (Phi) is 16.0. The number of rotatable bonds is 16. The molecule has 1 fully saturated rings. The van der Waals surface area contributed by atoms with Crippen LogP contribution in [0.25, 0.3) is 11.1 Å². The summed E-state index contributed by atoms with van der Waals surface area (Å²) >= 11 is 1.56. The van der Waals surface area contributed by atoms with Crippen LogP contribution in [0.15, 0.2) is 42.5 Å². The fraction of sp³-hybridized carbons (Fsp3) is 0.562. The van der Waals surface area contributed by atoms with Crippen molar-refractivity contribution in [2.45, 2.75) is 84.0 Å². The number of carboxylic acids is 1. The van der Waals surface area contributed by atoms with Crippen molar-refractivity contribution in [3.05, 3.63) is 59.2 Å². The summed E-state index contributed by atoms with van der Waals surface area (Å²) < 4.78 is 12.3. The van der Waals surface area contributed by atoms with E-state index < -0.39 is 12.0 Å². The largest absolute Gasteiger partial charge is 1.00 e. The van der Waals surface area contributed by atoms with Gasteiger partial charge in [0.2, 0.25) is 0 Å². The molecule has 2 aromatic rings. The summed E-state index contributed by atoms with van der Waals surface area (Å²) in [5.74, 6) is -0.0512. The van der Waals surface area contributed by atoms with E-state index in [2.05, 4.69) is 12.2 Å². The van der Waals surface area contributed by atoms with Gasteiger partial charge in [-0.3, -0.25) is 4.79 Å². The van der Waals surface area contributed by atoms with Crippen molar-refractivity contribution >= 4 is 23.6 Å². The first-order valence-electron chi connectivity index (χ1n) is 14.3. The van der Waals surface area contributed by atoms with Crippen LogP contribution < -0.4 is 24.2 Å². The summed E-state index contributed by atoms with van der Waals surface area (Å²) in [5, 5.41) is 12.4. The second kappa shape index (κ2) is 18.6. The average Bonchev–Trinajstić information content (AvgIpc) is 2.94. The van der Waals surface area contributed by atoms with E-state index in [1.165, 1.54) is 32.1 Å². The van der Waals surface area contributed by atoms with Crippen molar-refractivity contribution in [1.29, 1.82) is 0 Å². The monoisotopic (exact) mass is 563 g/mol. The van der Waals surface area contributed by atoms with E-state index in [1.54, 1.807) is 17.8 Å². The summed E-state index contributed by atoms with van der Waals surface area (Å²) in [6.45, 7) is 5.90. The Morgan fingerprint density at radius 2 is 1.88 bits per heavy atom. The van der Waals surface area contributed by atoms with Gasteiger partial charge in [-0.15, -0.1) is 0 Å². The number of amides is 1. The number of carbonyl (C=O) groups is 2. The minimum absolute atomic E-state index is 0. The number of aliphatic carboxylic acids is 1. The summed E-state index contributed by atoms with van der Waals surface area (Å²) in [4.78, 5) is 25.1. The van der Waals surface area contributed by atoms with Crippen LogP contribution in [0.5, 0.6) is 0 Å². The zero-order valence-corrected chi connectivity index (χ0v) is 25.6. The molecule has 3 rings (SSSR count). The number of benzene rings is 2. The standard InChI is InChI=1S/C32H45NO5S.Li.H/c1-4-17-37-22-26(19-24-11-6-5-7-12-24)38-21-25-14-15-28(29(20-25)27-13-9-8-10-23(27)2)31(34)33-30(32(35)36)16-18-39-3;;/h8-10,13-15,20,24,26,30H,4-7,11-12,16-19,21-22H2,1-3H3,(H,33,34)(H,35,36);;/q;+1;-1. The van der Waals surface area contributed by atoms with Crippen molar-refractivity contribution in [3.8, 4) is 11.1 Å². The molecule has 1 aliphatic carbocycles. The van der Waals surface area contributed by atoms with Crippen molar-refractivity contribution < 1.29 is 44.5 Å². The summed E-state index contributed by atoms with van der Waals surface area (Å²) in [6, 6.07) is 12.7. The van der Waals surface area contributed by atoms with E-state index in [9.17, 15) is 14.7 Å². The Bertz CT molecular complexity index is 1070. The SMILES string of the molecule is CCCOCC(CC1CCCCC1)OCc1ccc(C(=O)NC(CCSC)C(=O)O)c(-c2ccccc2C)c1.[H-].[Li+]. The molecule has 1 saturated carbocycles. The Labute approximate surface area is 258 Å². The summed E-state index contributed by atoms with van der Waals surface area (Å²) in [6.07, 6.45) is 10.8. The molecule has 2 atom stereocenters. The molecule has 0 aromatic heterocycles. The zero-order valence-electron chi connectivity index (χ0n) is 25.7. The van der Waals surface area contributed by atoms with Gasteiger partial charge in [-0.25, -0.2) is 4.79 Å². The fourth-order valence-corrected chi connectivity index (χ4v) is 5.73. The van der Waals surface area contributed by atoms with Crippen LogP contribution >= 0.6 is 11.8 Å². The first-order chi connectivity index (χ1) is 18.9. The molecule has 1 amide bonds. The van der Waals surface area contributed by atoms with E-state index in [0.717, 1.165) is 41.7 Å². The van der Waals surface area contributed by atoms with Crippen LogP contribution in [0.3, 0.4) is 0 Å². The maximum Gasteiger partial charge on any atom is 1.00 e. The van der Waals surface area contributed by atoms with E-state index in [1.807, 2.05) is 49.6 Å². The molecular formula is C32H46LiNO5S. The molecule has 8 heteroatoms. The third kappa shape index (κ3) is 10.9. The first kappa shape index (κ1) is 34.4. The minimum atomic E-state index is -1.02. The van der Waals surface area contributed by atoms with Gasteiger partial charge in [-0.2, -0.15) is 11.8 Å². The topological polar surface area (TPSA) is 84.9 Å². The zero-order chi connectivity index (χ0) is 28.0. The van der Waals surface area contributed by atoms with Crippen molar-refractivity contribution in [2.75, 3.05) is 25.2 Å². The van der Waals surface area contributed by atoms with Crippen molar-refractivity contribution in [1.82, 2.24) is 5.32 Å². The Morgan fingerprint density at radius 1 is 1.12 bits per heavy atom. The maximum absolute atomic E-state index is 13.3. The van der Waals surface area contributed by atoms with Gasteiger partial charge >= 0.3 is 24.8 Å². The molecule has 0 bridgehead atoms. The van der Waals surface area contributed by atoms with Gasteiger partial charge in [0.25, 0.3) is 5.91 Å². The van der Waals surface area contributed by atoms with Gasteiger partial charge in [0.15, 0.2) is 0 Å². The molecule has 40 heavy (non-hydrogen) atoms. The van der Waals surface area contributed by atoms with Crippen molar-refractivity contribution in [3.63, 3.8) is 0 Å². The third-order valence-corrected chi connectivity index (χ3v) is 8.08. The Morgan fingerprint density at radius 3 is 2.55 bits per heavy atom. The van der Waals surface area contributed by atoms with Crippen LogP contribution in [0.1, 0.15) is 81.2 Å². The number of hydrogen-bond donors (Lipinski definition) is 2. The number of carbonyl (C=O) groups excluding carboxylic acids is 1. The predicted octanol–water partition coefficient (Wildman–Crippen LogP) is 4.00. The molecule has 0 spiro atoms. The minimum Gasteiger partial charge on any atom is -1.00 e. The number of ether oxygens (including phenoxy) is 2. The van der Waals surface area contributed by atoms with Crippen LogP contribution in [0.4, 0.5) is 0 Å². The van der Waals surface area contributed by atoms with E-state index >= 15 is 0 Å². The molecule has 6 nitrogen and oxygen atoms in total. The van der Waals surface area contributed by atoms with E-state index in [-0.39, 0.29) is 32.3 Å². The molecule has 0 aliphatic heterocycles. The molecule has 216 valence electrons. The molecule has 2 unspecified atom stereocenters. The molecular weight excluding hydrogens is 517 g/mol. The summed E-state index contributed by atoms with van der Waals surface area (Å²) in [7, 11) is 0. The van der Waals surface area contributed by atoms with Crippen LogP contribution in [-0.2, 0) is 20.9 Å². The fourth-order valence-electron chi connectivity index (χ4n) is 5.26. The Balaban J connectivity index is 0.00000420. The Hall–Kier alpha value is -1.75. The molecule has 0 heterocycles. The van der Waals surface area contributed by atoms with Gasteiger partial charge in [0.05, 0.1) is 19.3 Å². The van der Waals surface area contributed by atoms with Gasteiger partial charge in [-0.05, 0) is 78.5 Å². The predicted molar refractivity (Wildman–Crippen MR) is 160 cm³/mol. The number of thioether (sulfide) groups is 1. The number of nitrogens with one attached hydrogen (secondary N) is 1. The van der Waals surface area contributed by atoms with Crippen LogP contribution in [-0.4, -0.2) is 54.4 Å². The van der Waals surface area contributed by atoms with Crippen LogP contribution in [0.2, 0.25) is 0 Å². The second-order valence-corrected chi connectivity index (χ2v) is 11.6. The summed E-state index contributed by atoms with van der Waals surface area (Å²) in [5.41, 5.74) is 4.22. The van der Waals surface area contributed by atoms with Gasteiger partial charge in [-0.1, -0.05) is 69.4 Å². The molecule has 2 N–H and O–H groups in total. The molecule has 2 aromatic carbocycles. The van der Waals surface area contributed by atoms with Crippen LogP contribution in [0, 0.1) is 12.8 Å². The van der Waals surface area contributed by atoms with E-state index in [4.69, 9.17) is 9.47 Å².